The molecule has 0 aliphatic heterocycles. The fraction of sp³-hybridized carbons (Fsp3) is 0.235. The van der Waals surface area contributed by atoms with E-state index in [0.717, 1.165) is 5.75 Å². The summed E-state index contributed by atoms with van der Waals surface area (Å²) >= 11 is 0. The molecule has 0 unspecified atom stereocenters. The van der Waals surface area contributed by atoms with Gasteiger partial charge in [-0.15, -0.1) is 0 Å². The molecule has 0 heterocycles. The third-order valence-corrected chi connectivity index (χ3v) is 3.07. The van der Waals surface area contributed by atoms with E-state index in [4.69, 9.17) is 14.2 Å². The van der Waals surface area contributed by atoms with Crippen LogP contribution in [0.5, 0.6) is 17.2 Å². The van der Waals surface area contributed by atoms with Crippen LogP contribution in [0.2, 0.25) is 0 Å². The number of hydrogen-bond donors (Lipinski definition) is 1. The summed E-state index contributed by atoms with van der Waals surface area (Å²) in [7, 11) is 3.09. The first-order valence-corrected chi connectivity index (χ1v) is 6.94. The van der Waals surface area contributed by atoms with Gasteiger partial charge in [0, 0.05) is 11.3 Å². The van der Waals surface area contributed by atoms with Crippen molar-refractivity contribution in [1.82, 2.24) is 0 Å². The van der Waals surface area contributed by atoms with Crippen LogP contribution in [0.3, 0.4) is 0 Å². The van der Waals surface area contributed by atoms with Gasteiger partial charge in [-0.25, -0.2) is 0 Å². The van der Waals surface area contributed by atoms with Gasteiger partial charge in [0.05, 0.1) is 20.8 Å². The molecule has 5 nitrogen and oxygen atoms in total. The maximum atomic E-state index is 12.3. The van der Waals surface area contributed by atoms with Crippen LogP contribution in [0.15, 0.2) is 42.5 Å². The fourth-order valence-corrected chi connectivity index (χ4v) is 1.98. The lowest BCUT2D eigenvalue weighted by Crippen LogP contribution is -2.12. The van der Waals surface area contributed by atoms with E-state index in [9.17, 15) is 4.79 Å². The summed E-state index contributed by atoms with van der Waals surface area (Å²) < 4.78 is 15.7. The van der Waals surface area contributed by atoms with Gasteiger partial charge in [0.1, 0.15) is 5.75 Å². The van der Waals surface area contributed by atoms with E-state index >= 15 is 0 Å². The minimum Gasteiger partial charge on any atom is -0.494 e. The van der Waals surface area contributed by atoms with Crippen LogP contribution in [0, 0.1) is 0 Å². The second-order valence-electron chi connectivity index (χ2n) is 4.48. The fourth-order valence-electron chi connectivity index (χ4n) is 1.98. The highest BCUT2D eigenvalue weighted by atomic mass is 16.5. The number of benzene rings is 2. The second kappa shape index (κ2) is 7.36. The third-order valence-electron chi connectivity index (χ3n) is 3.07. The third kappa shape index (κ3) is 3.69. The largest absolute Gasteiger partial charge is 0.494 e. The highest BCUT2D eigenvalue weighted by molar-refractivity contribution is 6.04. The molecule has 0 fully saturated rings. The van der Waals surface area contributed by atoms with Gasteiger partial charge in [0.15, 0.2) is 11.5 Å². The topological polar surface area (TPSA) is 56.8 Å². The van der Waals surface area contributed by atoms with Gasteiger partial charge >= 0.3 is 0 Å². The predicted molar refractivity (Wildman–Crippen MR) is 85.1 cm³/mol. The van der Waals surface area contributed by atoms with Gasteiger partial charge in [-0.2, -0.15) is 0 Å². The molecule has 2 aromatic carbocycles. The lowest BCUT2D eigenvalue weighted by atomic mass is 10.2. The first-order chi connectivity index (χ1) is 10.7. The van der Waals surface area contributed by atoms with Crippen molar-refractivity contribution in [2.24, 2.45) is 0 Å². The smallest absolute Gasteiger partial charge is 0.255 e. The zero-order valence-corrected chi connectivity index (χ0v) is 12.9. The molecule has 0 atom stereocenters. The van der Waals surface area contributed by atoms with Crippen LogP contribution >= 0.6 is 0 Å². The van der Waals surface area contributed by atoms with Gasteiger partial charge in [-0.05, 0) is 49.4 Å². The van der Waals surface area contributed by atoms with Crippen molar-refractivity contribution in [2.45, 2.75) is 6.92 Å². The van der Waals surface area contributed by atoms with Crippen molar-refractivity contribution in [1.29, 1.82) is 0 Å². The molecule has 0 aliphatic rings. The Morgan fingerprint density at radius 1 is 1.00 bits per heavy atom. The van der Waals surface area contributed by atoms with Crippen molar-refractivity contribution in [3.05, 3.63) is 48.0 Å². The number of carbonyl (C=O) groups excluding carboxylic acids is 1. The van der Waals surface area contributed by atoms with E-state index in [1.807, 2.05) is 19.1 Å². The van der Waals surface area contributed by atoms with Crippen LogP contribution < -0.4 is 19.5 Å². The van der Waals surface area contributed by atoms with E-state index in [2.05, 4.69) is 5.32 Å². The molecular formula is C17H19NO4. The monoisotopic (exact) mass is 301 g/mol. The van der Waals surface area contributed by atoms with E-state index in [0.29, 0.717) is 29.4 Å². The summed E-state index contributed by atoms with van der Waals surface area (Å²) in [4.78, 5) is 12.3. The molecule has 2 aromatic rings. The molecule has 5 heteroatoms. The lowest BCUT2D eigenvalue weighted by molar-refractivity contribution is 0.102. The number of methoxy groups -OCH3 is 2. The quantitative estimate of drug-likeness (QED) is 0.889. The van der Waals surface area contributed by atoms with Gasteiger partial charge in [-0.1, -0.05) is 0 Å². The highest BCUT2D eigenvalue weighted by Gasteiger charge is 2.11. The maximum Gasteiger partial charge on any atom is 0.255 e. The number of hydrogen-bond acceptors (Lipinski definition) is 4. The predicted octanol–water partition coefficient (Wildman–Crippen LogP) is 3.35. The molecular weight excluding hydrogens is 282 g/mol. The Morgan fingerprint density at radius 3 is 2.27 bits per heavy atom. The Hall–Kier alpha value is -2.69. The summed E-state index contributed by atoms with van der Waals surface area (Å²) in [5.41, 5.74) is 1.19. The molecule has 0 aliphatic carbocycles. The van der Waals surface area contributed by atoms with E-state index in [1.165, 1.54) is 7.11 Å². The van der Waals surface area contributed by atoms with E-state index < -0.39 is 0 Å². The summed E-state index contributed by atoms with van der Waals surface area (Å²) in [5.74, 6) is 1.65. The van der Waals surface area contributed by atoms with E-state index in [1.54, 1.807) is 37.4 Å². The Labute approximate surface area is 129 Å². The first-order valence-electron chi connectivity index (χ1n) is 6.94. The van der Waals surface area contributed by atoms with Crippen LogP contribution in [-0.2, 0) is 0 Å². The molecule has 0 aromatic heterocycles. The second-order valence-corrected chi connectivity index (χ2v) is 4.48. The lowest BCUT2D eigenvalue weighted by Gasteiger charge is -2.10. The molecule has 2 rings (SSSR count). The number of anilines is 1. The van der Waals surface area contributed by atoms with Crippen molar-refractivity contribution >= 4 is 11.6 Å². The summed E-state index contributed by atoms with van der Waals surface area (Å²) in [6, 6.07) is 12.2. The molecule has 0 spiro atoms. The van der Waals surface area contributed by atoms with Gasteiger partial charge in [-0.3, -0.25) is 4.79 Å². The van der Waals surface area contributed by atoms with Crippen LogP contribution in [0.1, 0.15) is 17.3 Å². The number of carbonyl (C=O) groups is 1. The first kappa shape index (κ1) is 15.7. The van der Waals surface area contributed by atoms with Crippen LogP contribution in [0.25, 0.3) is 0 Å². The van der Waals surface area contributed by atoms with Crippen LogP contribution in [0.4, 0.5) is 5.69 Å². The molecule has 0 bridgehead atoms. The summed E-state index contributed by atoms with van der Waals surface area (Å²) in [6.45, 7) is 2.53. The SMILES string of the molecule is CCOc1ccc(NC(=O)c2ccc(OC)c(OC)c2)cc1. The molecule has 1 N–H and O–H groups in total. The number of nitrogens with one attached hydrogen (secondary N) is 1. The average Bonchev–Trinajstić information content (AvgIpc) is 2.56. The van der Waals surface area contributed by atoms with Crippen LogP contribution in [-0.4, -0.2) is 26.7 Å². The Balaban J connectivity index is 2.11. The van der Waals surface area contributed by atoms with Gasteiger partial charge < -0.3 is 19.5 Å². The average molecular weight is 301 g/mol. The molecule has 0 radical (unpaired) electrons. The summed E-state index contributed by atoms with van der Waals surface area (Å²) in [6.07, 6.45) is 0. The highest BCUT2D eigenvalue weighted by Crippen LogP contribution is 2.28. The minimum atomic E-state index is -0.217. The van der Waals surface area contributed by atoms with Crippen molar-refractivity contribution in [3.8, 4) is 17.2 Å². The molecule has 116 valence electrons. The number of ether oxygens (including phenoxy) is 3. The molecule has 0 saturated carbocycles. The Bertz CT molecular complexity index is 638. The maximum absolute atomic E-state index is 12.3. The van der Waals surface area contributed by atoms with Crippen molar-refractivity contribution in [2.75, 3.05) is 26.1 Å². The summed E-state index contributed by atoms with van der Waals surface area (Å²) in [5, 5.41) is 2.83. The molecule has 1 amide bonds. The van der Waals surface area contributed by atoms with E-state index in [-0.39, 0.29) is 5.91 Å². The zero-order valence-electron chi connectivity index (χ0n) is 12.9. The van der Waals surface area contributed by atoms with Crippen molar-refractivity contribution < 1.29 is 19.0 Å². The van der Waals surface area contributed by atoms with Gasteiger partial charge in [0.2, 0.25) is 0 Å². The van der Waals surface area contributed by atoms with Gasteiger partial charge in [0.25, 0.3) is 5.91 Å². The Kier molecular flexibility index (Phi) is 5.25. The minimum absolute atomic E-state index is 0.217. The number of rotatable bonds is 6. The molecule has 0 saturated heterocycles. The normalized spacial score (nSPS) is 9.95. The zero-order chi connectivity index (χ0) is 15.9. The molecule has 22 heavy (non-hydrogen) atoms. The Morgan fingerprint density at radius 2 is 1.68 bits per heavy atom. The standard InChI is InChI=1S/C17H19NO4/c1-4-22-14-8-6-13(7-9-14)18-17(19)12-5-10-15(20-2)16(11-12)21-3/h5-11H,4H2,1-3H3,(H,18,19). The van der Waals surface area contributed by atoms with Crippen molar-refractivity contribution in [3.63, 3.8) is 0 Å². The number of amides is 1.